The maximum absolute atomic E-state index is 11.0. The number of carbonyl (C=O) groups is 1. The van der Waals surface area contributed by atoms with Crippen LogP contribution in [0.25, 0.3) is 0 Å². The van der Waals surface area contributed by atoms with E-state index in [9.17, 15) is 4.79 Å². The molecule has 120 valence electrons. The zero-order valence-corrected chi connectivity index (χ0v) is 14.0. The SMILES string of the molecule is O=C(O)C1CCN(c2cc(Nc3ccc(Br)cc3)ncn2)CC1. The van der Waals surface area contributed by atoms with Crippen LogP contribution in [0.5, 0.6) is 0 Å². The molecule has 0 bridgehead atoms. The first kappa shape index (κ1) is 15.7. The van der Waals surface area contributed by atoms with Gasteiger partial charge in [-0.15, -0.1) is 0 Å². The minimum atomic E-state index is -0.704. The van der Waals surface area contributed by atoms with Gasteiger partial charge in [-0.3, -0.25) is 4.79 Å². The third-order valence-electron chi connectivity index (χ3n) is 3.94. The molecule has 1 aromatic heterocycles. The van der Waals surface area contributed by atoms with Crippen molar-refractivity contribution >= 4 is 39.2 Å². The van der Waals surface area contributed by atoms with Gasteiger partial charge in [0.1, 0.15) is 18.0 Å². The zero-order valence-electron chi connectivity index (χ0n) is 12.4. The molecule has 2 heterocycles. The van der Waals surface area contributed by atoms with Gasteiger partial charge in [-0.25, -0.2) is 9.97 Å². The summed E-state index contributed by atoms with van der Waals surface area (Å²) in [4.78, 5) is 21.7. The van der Waals surface area contributed by atoms with Crippen LogP contribution in [-0.4, -0.2) is 34.1 Å². The van der Waals surface area contributed by atoms with E-state index in [1.165, 1.54) is 6.33 Å². The van der Waals surface area contributed by atoms with Crippen LogP contribution in [0.3, 0.4) is 0 Å². The summed E-state index contributed by atoms with van der Waals surface area (Å²) >= 11 is 3.41. The maximum atomic E-state index is 11.0. The minimum absolute atomic E-state index is 0.242. The Labute approximate surface area is 142 Å². The number of anilines is 3. The minimum Gasteiger partial charge on any atom is -0.481 e. The topological polar surface area (TPSA) is 78.4 Å². The van der Waals surface area contributed by atoms with Gasteiger partial charge in [0.25, 0.3) is 0 Å². The highest BCUT2D eigenvalue weighted by Gasteiger charge is 2.25. The van der Waals surface area contributed by atoms with Crippen molar-refractivity contribution in [2.24, 2.45) is 5.92 Å². The lowest BCUT2D eigenvalue weighted by Gasteiger charge is -2.31. The fraction of sp³-hybridized carbons (Fsp3) is 0.312. The molecule has 2 aromatic rings. The van der Waals surface area contributed by atoms with Crippen molar-refractivity contribution in [3.8, 4) is 0 Å². The lowest BCUT2D eigenvalue weighted by molar-refractivity contribution is -0.142. The van der Waals surface area contributed by atoms with Gasteiger partial charge in [0, 0.05) is 29.3 Å². The number of aromatic nitrogens is 2. The molecule has 1 aliphatic heterocycles. The number of nitrogens with one attached hydrogen (secondary N) is 1. The number of hydrogen-bond donors (Lipinski definition) is 2. The van der Waals surface area contributed by atoms with Gasteiger partial charge in [0.15, 0.2) is 0 Å². The molecule has 0 radical (unpaired) electrons. The van der Waals surface area contributed by atoms with Gasteiger partial charge in [-0.2, -0.15) is 0 Å². The number of halogens is 1. The molecule has 0 unspecified atom stereocenters. The lowest BCUT2D eigenvalue weighted by Crippen LogP contribution is -2.36. The molecule has 7 heteroatoms. The normalized spacial score (nSPS) is 15.4. The third-order valence-corrected chi connectivity index (χ3v) is 4.47. The summed E-state index contributed by atoms with van der Waals surface area (Å²) < 4.78 is 1.02. The van der Waals surface area contributed by atoms with Crippen LogP contribution in [0.15, 0.2) is 41.1 Å². The van der Waals surface area contributed by atoms with Crippen LogP contribution in [0.4, 0.5) is 17.3 Å². The highest BCUT2D eigenvalue weighted by atomic mass is 79.9. The fourth-order valence-corrected chi connectivity index (χ4v) is 2.89. The Hall–Kier alpha value is -2.15. The van der Waals surface area contributed by atoms with E-state index in [4.69, 9.17) is 5.11 Å². The molecule has 0 atom stereocenters. The van der Waals surface area contributed by atoms with Crippen LogP contribution in [0, 0.1) is 5.92 Å². The van der Waals surface area contributed by atoms with E-state index >= 15 is 0 Å². The van der Waals surface area contributed by atoms with Crippen LogP contribution in [-0.2, 0) is 4.79 Å². The molecular weight excluding hydrogens is 360 g/mol. The molecule has 0 saturated carbocycles. The Morgan fingerprint density at radius 1 is 1.22 bits per heavy atom. The van der Waals surface area contributed by atoms with Crippen LogP contribution < -0.4 is 10.2 Å². The van der Waals surface area contributed by atoms with Crippen molar-refractivity contribution in [2.45, 2.75) is 12.8 Å². The Balaban J connectivity index is 1.68. The first-order valence-electron chi connectivity index (χ1n) is 7.44. The molecule has 3 rings (SSSR count). The number of benzene rings is 1. The predicted molar refractivity (Wildman–Crippen MR) is 92.0 cm³/mol. The molecule has 0 spiro atoms. The quantitative estimate of drug-likeness (QED) is 0.852. The van der Waals surface area contributed by atoms with E-state index in [1.807, 2.05) is 30.3 Å². The Morgan fingerprint density at radius 2 is 1.91 bits per heavy atom. The van der Waals surface area contributed by atoms with E-state index in [-0.39, 0.29) is 5.92 Å². The van der Waals surface area contributed by atoms with Crippen molar-refractivity contribution in [3.63, 3.8) is 0 Å². The van der Waals surface area contributed by atoms with E-state index in [0.29, 0.717) is 25.9 Å². The van der Waals surface area contributed by atoms with E-state index in [0.717, 1.165) is 21.8 Å². The van der Waals surface area contributed by atoms with E-state index in [1.54, 1.807) is 0 Å². The van der Waals surface area contributed by atoms with Crippen LogP contribution >= 0.6 is 15.9 Å². The maximum Gasteiger partial charge on any atom is 0.306 e. The predicted octanol–water partition coefficient (Wildman–Crippen LogP) is 3.28. The molecule has 0 aliphatic carbocycles. The Morgan fingerprint density at radius 3 is 2.57 bits per heavy atom. The number of carboxylic acid groups (broad SMARTS) is 1. The monoisotopic (exact) mass is 376 g/mol. The second-order valence-electron chi connectivity index (χ2n) is 5.49. The van der Waals surface area contributed by atoms with E-state index < -0.39 is 5.97 Å². The molecule has 1 fully saturated rings. The second kappa shape index (κ2) is 6.95. The van der Waals surface area contributed by atoms with Gasteiger partial charge >= 0.3 is 5.97 Å². The summed E-state index contributed by atoms with van der Waals surface area (Å²) in [5.74, 6) is 0.597. The number of aliphatic carboxylic acids is 1. The molecule has 6 nitrogen and oxygen atoms in total. The van der Waals surface area contributed by atoms with Crippen molar-refractivity contribution in [1.29, 1.82) is 0 Å². The Bertz CT molecular complexity index is 685. The number of rotatable bonds is 4. The van der Waals surface area contributed by atoms with E-state index in [2.05, 4.69) is 36.1 Å². The summed E-state index contributed by atoms with van der Waals surface area (Å²) in [5.41, 5.74) is 0.947. The van der Waals surface area contributed by atoms with Crippen LogP contribution in [0.1, 0.15) is 12.8 Å². The third kappa shape index (κ3) is 3.98. The second-order valence-corrected chi connectivity index (χ2v) is 6.41. The number of carboxylic acids is 1. The van der Waals surface area contributed by atoms with Crippen LogP contribution in [0.2, 0.25) is 0 Å². The Kier molecular flexibility index (Phi) is 4.76. The smallest absolute Gasteiger partial charge is 0.306 e. The molecule has 1 saturated heterocycles. The molecule has 1 aliphatic rings. The highest BCUT2D eigenvalue weighted by molar-refractivity contribution is 9.10. The average molecular weight is 377 g/mol. The zero-order chi connectivity index (χ0) is 16.2. The number of piperidine rings is 1. The largest absolute Gasteiger partial charge is 0.481 e. The van der Waals surface area contributed by atoms with Crippen molar-refractivity contribution in [1.82, 2.24) is 9.97 Å². The summed E-state index contributed by atoms with van der Waals surface area (Å²) in [6.07, 6.45) is 2.82. The van der Waals surface area contributed by atoms with Gasteiger partial charge in [0.05, 0.1) is 5.92 Å². The number of nitrogens with zero attached hydrogens (tertiary/aromatic N) is 3. The van der Waals surface area contributed by atoms with Crippen molar-refractivity contribution in [3.05, 3.63) is 41.1 Å². The highest BCUT2D eigenvalue weighted by Crippen LogP contribution is 2.24. The molecule has 23 heavy (non-hydrogen) atoms. The first-order valence-corrected chi connectivity index (χ1v) is 8.23. The molecule has 1 aromatic carbocycles. The van der Waals surface area contributed by atoms with Gasteiger partial charge < -0.3 is 15.3 Å². The molecular formula is C16H17BrN4O2. The summed E-state index contributed by atoms with van der Waals surface area (Å²) in [7, 11) is 0. The van der Waals surface area contributed by atoms with Crippen molar-refractivity contribution in [2.75, 3.05) is 23.3 Å². The lowest BCUT2D eigenvalue weighted by atomic mass is 9.97. The van der Waals surface area contributed by atoms with Gasteiger partial charge in [-0.05, 0) is 37.1 Å². The average Bonchev–Trinajstić information content (AvgIpc) is 2.57. The first-order chi connectivity index (χ1) is 11.1. The van der Waals surface area contributed by atoms with Gasteiger partial charge in [0.2, 0.25) is 0 Å². The van der Waals surface area contributed by atoms with Crippen molar-refractivity contribution < 1.29 is 9.90 Å². The molecule has 2 N–H and O–H groups in total. The van der Waals surface area contributed by atoms with Gasteiger partial charge in [-0.1, -0.05) is 15.9 Å². The summed E-state index contributed by atoms with van der Waals surface area (Å²) in [6.45, 7) is 1.40. The molecule has 0 amide bonds. The fourth-order valence-electron chi connectivity index (χ4n) is 2.62. The standard InChI is InChI=1S/C16H17BrN4O2/c17-12-1-3-13(4-2-12)20-14-9-15(19-10-18-14)21-7-5-11(6-8-21)16(22)23/h1-4,9-11H,5-8H2,(H,22,23)(H,18,19,20). The number of hydrogen-bond acceptors (Lipinski definition) is 5. The summed E-state index contributed by atoms with van der Waals surface area (Å²) in [6, 6.07) is 9.74. The summed E-state index contributed by atoms with van der Waals surface area (Å²) in [5, 5.41) is 12.3.